The molecule has 1 aliphatic rings. The second-order valence-electron chi connectivity index (χ2n) is 2.32. The number of hydrogen-bond donors (Lipinski definition) is 0. The fourth-order valence-electron chi connectivity index (χ4n) is 1.18. The molecule has 1 unspecified atom stereocenters. The van der Waals surface area contributed by atoms with Gasteiger partial charge in [-0.3, -0.25) is 4.79 Å². The van der Waals surface area contributed by atoms with Crippen LogP contribution in [0.5, 0.6) is 0 Å². The summed E-state index contributed by atoms with van der Waals surface area (Å²) in [6.45, 7) is 7.97. The van der Waals surface area contributed by atoms with Crippen LogP contribution in [0.25, 0.3) is 0 Å². The van der Waals surface area contributed by atoms with E-state index in [0.717, 1.165) is 6.54 Å². The summed E-state index contributed by atoms with van der Waals surface area (Å²) in [6.07, 6.45) is 3.98. The van der Waals surface area contributed by atoms with E-state index in [1.807, 2.05) is 4.90 Å². The van der Waals surface area contributed by atoms with Crippen molar-refractivity contribution in [2.75, 3.05) is 6.54 Å². The van der Waals surface area contributed by atoms with Gasteiger partial charge in [-0.05, 0) is 6.20 Å². The molecule has 0 aromatic rings. The van der Waals surface area contributed by atoms with Crippen molar-refractivity contribution in [1.29, 1.82) is 0 Å². The quantitative estimate of drug-likeness (QED) is 0.528. The standard InChI is InChI=1S/C8H11NO/c1-3-7-8(10)5-6-9(7)4-2/h3-4,7H,1-2,5-6H2. The summed E-state index contributed by atoms with van der Waals surface area (Å²) in [6, 6.07) is -0.113. The molecular formula is C8H11NO. The Hall–Kier alpha value is -1.05. The second-order valence-corrected chi connectivity index (χ2v) is 2.32. The molecule has 0 N–H and O–H groups in total. The van der Waals surface area contributed by atoms with Gasteiger partial charge < -0.3 is 4.90 Å². The molecule has 0 aliphatic carbocycles. The average Bonchev–Trinajstić information content (AvgIpc) is 2.30. The Morgan fingerprint density at radius 3 is 2.70 bits per heavy atom. The highest BCUT2D eigenvalue weighted by Gasteiger charge is 2.26. The Balaban J connectivity index is 2.71. The lowest BCUT2D eigenvalue weighted by molar-refractivity contribution is -0.118. The highest BCUT2D eigenvalue weighted by Crippen LogP contribution is 2.13. The van der Waals surface area contributed by atoms with E-state index in [0.29, 0.717) is 6.42 Å². The van der Waals surface area contributed by atoms with Gasteiger partial charge in [0.2, 0.25) is 0 Å². The van der Waals surface area contributed by atoms with Crippen LogP contribution in [0, 0.1) is 0 Å². The number of likely N-dealkylation sites (tertiary alicyclic amines) is 1. The minimum atomic E-state index is -0.113. The van der Waals surface area contributed by atoms with Gasteiger partial charge in [-0.25, -0.2) is 0 Å². The summed E-state index contributed by atoms with van der Waals surface area (Å²) < 4.78 is 0. The van der Waals surface area contributed by atoms with E-state index >= 15 is 0 Å². The van der Waals surface area contributed by atoms with Crippen LogP contribution < -0.4 is 0 Å². The highest BCUT2D eigenvalue weighted by molar-refractivity contribution is 5.88. The Labute approximate surface area is 60.8 Å². The van der Waals surface area contributed by atoms with Crippen LogP contribution in [0.15, 0.2) is 25.4 Å². The molecule has 1 heterocycles. The lowest BCUT2D eigenvalue weighted by Crippen LogP contribution is -2.25. The van der Waals surface area contributed by atoms with E-state index < -0.39 is 0 Å². The minimum Gasteiger partial charge on any atom is -0.364 e. The first-order valence-electron chi connectivity index (χ1n) is 3.33. The molecule has 0 aromatic heterocycles. The van der Waals surface area contributed by atoms with Gasteiger partial charge >= 0.3 is 0 Å². The molecule has 1 atom stereocenters. The van der Waals surface area contributed by atoms with Crippen LogP contribution in [-0.2, 0) is 4.79 Å². The second kappa shape index (κ2) is 2.69. The lowest BCUT2D eigenvalue weighted by Gasteiger charge is -2.16. The fraction of sp³-hybridized carbons (Fsp3) is 0.375. The van der Waals surface area contributed by atoms with Gasteiger partial charge in [-0.1, -0.05) is 12.7 Å². The molecule has 1 fully saturated rings. The smallest absolute Gasteiger partial charge is 0.160 e. The van der Waals surface area contributed by atoms with Crippen molar-refractivity contribution in [3.63, 3.8) is 0 Å². The minimum absolute atomic E-state index is 0.113. The van der Waals surface area contributed by atoms with Crippen molar-refractivity contribution in [3.8, 4) is 0 Å². The van der Waals surface area contributed by atoms with E-state index in [-0.39, 0.29) is 11.8 Å². The summed E-state index contributed by atoms with van der Waals surface area (Å²) in [5.41, 5.74) is 0. The van der Waals surface area contributed by atoms with Crippen LogP contribution in [0.4, 0.5) is 0 Å². The van der Waals surface area contributed by atoms with Gasteiger partial charge in [-0.2, -0.15) is 0 Å². The van der Waals surface area contributed by atoms with Crippen LogP contribution in [0.1, 0.15) is 6.42 Å². The zero-order valence-corrected chi connectivity index (χ0v) is 5.92. The Morgan fingerprint density at radius 2 is 2.30 bits per heavy atom. The molecule has 10 heavy (non-hydrogen) atoms. The maximum Gasteiger partial charge on any atom is 0.160 e. The monoisotopic (exact) mass is 137 g/mol. The molecule has 2 nitrogen and oxygen atoms in total. The van der Waals surface area contributed by atoms with E-state index in [2.05, 4.69) is 13.2 Å². The van der Waals surface area contributed by atoms with Crippen LogP contribution in [0.2, 0.25) is 0 Å². The van der Waals surface area contributed by atoms with E-state index in [1.54, 1.807) is 12.3 Å². The number of carbonyl (C=O) groups is 1. The van der Waals surface area contributed by atoms with Gasteiger partial charge in [0.1, 0.15) is 6.04 Å². The van der Waals surface area contributed by atoms with Crippen molar-refractivity contribution in [3.05, 3.63) is 25.4 Å². The van der Waals surface area contributed by atoms with Crippen LogP contribution >= 0.6 is 0 Å². The number of rotatable bonds is 2. The predicted molar refractivity (Wildman–Crippen MR) is 40.5 cm³/mol. The third kappa shape index (κ3) is 0.967. The third-order valence-corrected chi connectivity index (χ3v) is 1.76. The van der Waals surface area contributed by atoms with Gasteiger partial charge in [0.15, 0.2) is 5.78 Å². The topological polar surface area (TPSA) is 20.3 Å². The van der Waals surface area contributed by atoms with Crippen molar-refractivity contribution >= 4 is 5.78 Å². The Bertz CT molecular complexity index is 174. The first-order valence-corrected chi connectivity index (χ1v) is 3.33. The molecule has 0 saturated carbocycles. The maximum absolute atomic E-state index is 11.0. The molecular weight excluding hydrogens is 126 g/mol. The predicted octanol–water partition coefficient (Wildman–Crippen LogP) is 0.959. The number of hydrogen-bond acceptors (Lipinski definition) is 2. The van der Waals surface area contributed by atoms with Crippen LogP contribution in [-0.4, -0.2) is 23.3 Å². The van der Waals surface area contributed by atoms with Gasteiger partial charge in [0.05, 0.1) is 0 Å². The zero-order valence-electron chi connectivity index (χ0n) is 5.92. The van der Waals surface area contributed by atoms with Crippen molar-refractivity contribution in [2.45, 2.75) is 12.5 Å². The molecule has 2 heteroatoms. The summed E-state index contributed by atoms with van der Waals surface area (Å²) >= 11 is 0. The van der Waals surface area contributed by atoms with Gasteiger partial charge in [0, 0.05) is 13.0 Å². The molecule has 0 spiro atoms. The maximum atomic E-state index is 11.0. The molecule has 1 aliphatic heterocycles. The number of Topliss-reactive ketones (excluding diaryl/α,β-unsaturated/α-hetero) is 1. The first-order chi connectivity index (χ1) is 4.79. The van der Waals surface area contributed by atoms with Gasteiger partial charge in [0.25, 0.3) is 0 Å². The number of carbonyl (C=O) groups excluding carboxylic acids is 1. The molecule has 0 aromatic carbocycles. The highest BCUT2D eigenvalue weighted by atomic mass is 16.1. The SMILES string of the molecule is C=CC1C(=O)CCN1C=C. The summed E-state index contributed by atoms with van der Waals surface area (Å²) in [7, 11) is 0. The summed E-state index contributed by atoms with van der Waals surface area (Å²) in [5, 5.41) is 0. The van der Waals surface area contributed by atoms with Crippen molar-refractivity contribution < 1.29 is 4.79 Å². The zero-order chi connectivity index (χ0) is 7.56. The van der Waals surface area contributed by atoms with E-state index in [4.69, 9.17) is 0 Å². The molecule has 0 radical (unpaired) electrons. The molecule has 1 saturated heterocycles. The largest absolute Gasteiger partial charge is 0.364 e. The third-order valence-electron chi connectivity index (χ3n) is 1.76. The number of ketones is 1. The van der Waals surface area contributed by atoms with Crippen LogP contribution in [0.3, 0.4) is 0 Å². The molecule has 0 amide bonds. The molecule has 1 rings (SSSR count). The Kier molecular flexibility index (Phi) is 1.90. The summed E-state index contributed by atoms with van der Waals surface area (Å²) in [5.74, 6) is 0.245. The van der Waals surface area contributed by atoms with Crippen molar-refractivity contribution in [1.82, 2.24) is 4.90 Å². The number of nitrogens with zero attached hydrogens (tertiary/aromatic N) is 1. The Morgan fingerprint density at radius 1 is 1.60 bits per heavy atom. The molecule has 0 bridgehead atoms. The molecule has 54 valence electrons. The van der Waals surface area contributed by atoms with Gasteiger partial charge in [-0.15, -0.1) is 6.58 Å². The van der Waals surface area contributed by atoms with Crippen molar-refractivity contribution in [2.24, 2.45) is 0 Å². The lowest BCUT2D eigenvalue weighted by atomic mass is 10.2. The average molecular weight is 137 g/mol. The van der Waals surface area contributed by atoms with E-state index in [1.165, 1.54) is 0 Å². The fourth-order valence-corrected chi connectivity index (χ4v) is 1.18. The van der Waals surface area contributed by atoms with E-state index in [9.17, 15) is 4.79 Å². The normalized spacial score (nSPS) is 25.0. The first kappa shape index (κ1) is 7.06. The summed E-state index contributed by atoms with van der Waals surface area (Å²) in [4.78, 5) is 12.9.